The standard InChI is InChI=1S/C11H11NO5/c1-7-5-8(3-4-9(7)12(15)16)10(13)6-11(14)17-2/h3-5H,6H2,1-2H3. The van der Waals surface area contributed by atoms with Gasteiger partial charge in [-0.15, -0.1) is 0 Å². The first-order valence-electron chi connectivity index (χ1n) is 4.80. The third kappa shape index (κ3) is 3.10. The normalized spacial score (nSPS) is 9.76. The fourth-order valence-corrected chi connectivity index (χ4v) is 1.34. The Bertz CT molecular complexity index is 481. The van der Waals surface area contributed by atoms with Crippen molar-refractivity contribution in [1.29, 1.82) is 0 Å². The number of nitrogens with zero attached hydrogens (tertiary/aromatic N) is 1. The summed E-state index contributed by atoms with van der Waals surface area (Å²) in [5.74, 6) is -1.05. The van der Waals surface area contributed by atoms with Crippen LogP contribution in [0.25, 0.3) is 0 Å². The fourth-order valence-electron chi connectivity index (χ4n) is 1.34. The monoisotopic (exact) mass is 237 g/mol. The number of nitro groups is 1. The molecule has 0 aliphatic heterocycles. The molecule has 1 rings (SSSR count). The zero-order valence-corrected chi connectivity index (χ0v) is 9.43. The molecular weight excluding hydrogens is 226 g/mol. The van der Waals surface area contributed by atoms with Gasteiger partial charge < -0.3 is 4.74 Å². The van der Waals surface area contributed by atoms with Crippen molar-refractivity contribution in [2.75, 3.05) is 7.11 Å². The van der Waals surface area contributed by atoms with E-state index in [0.717, 1.165) is 0 Å². The molecule has 0 aromatic heterocycles. The second-order valence-corrected chi connectivity index (χ2v) is 3.43. The molecule has 0 spiro atoms. The molecule has 0 aliphatic rings. The van der Waals surface area contributed by atoms with Gasteiger partial charge in [-0.2, -0.15) is 0 Å². The van der Waals surface area contributed by atoms with E-state index in [1.165, 1.54) is 32.2 Å². The number of rotatable bonds is 4. The van der Waals surface area contributed by atoms with Crippen LogP contribution in [0.1, 0.15) is 22.3 Å². The second-order valence-electron chi connectivity index (χ2n) is 3.43. The number of ketones is 1. The van der Waals surface area contributed by atoms with Gasteiger partial charge in [0.05, 0.1) is 12.0 Å². The minimum absolute atomic E-state index is 0.0559. The molecule has 6 heteroatoms. The Kier molecular flexibility index (Phi) is 3.92. The van der Waals surface area contributed by atoms with Gasteiger partial charge in [-0.05, 0) is 19.1 Å². The number of methoxy groups -OCH3 is 1. The van der Waals surface area contributed by atoms with E-state index in [0.29, 0.717) is 5.56 Å². The number of aryl methyl sites for hydroxylation is 1. The fraction of sp³-hybridized carbons (Fsp3) is 0.273. The molecule has 0 saturated heterocycles. The van der Waals surface area contributed by atoms with Gasteiger partial charge in [0, 0.05) is 17.2 Å². The van der Waals surface area contributed by atoms with Crippen molar-refractivity contribution >= 4 is 17.4 Å². The third-order valence-corrected chi connectivity index (χ3v) is 2.25. The first kappa shape index (κ1) is 12.8. The van der Waals surface area contributed by atoms with E-state index in [4.69, 9.17) is 0 Å². The van der Waals surface area contributed by atoms with E-state index in [-0.39, 0.29) is 17.7 Å². The van der Waals surface area contributed by atoms with Gasteiger partial charge in [0.2, 0.25) is 0 Å². The average Bonchev–Trinajstić information content (AvgIpc) is 2.28. The Labute approximate surface area is 97.3 Å². The summed E-state index contributed by atoms with van der Waals surface area (Å²) in [7, 11) is 1.19. The summed E-state index contributed by atoms with van der Waals surface area (Å²) in [6.45, 7) is 1.53. The third-order valence-electron chi connectivity index (χ3n) is 2.25. The van der Waals surface area contributed by atoms with Crippen molar-refractivity contribution in [3.05, 3.63) is 39.4 Å². The van der Waals surface area contributed by atoms with Crippen LogP contribution in [0.4, 0.5) is 5.69 Å². The van der Waals surface area contributed by atoms with Crippen LogP contribution in [-0.4, -0.2) is 23.8 Å². The maximum Gasteiger partial charge on any atom is 0.313 e. The van der Waals surface area contributed by atoms with E-state index in [1.54, 1.807) is 0 Å². The lowest BCUT2D eigenvalue weighted by Gasteiger charge is -2.02. The van der Waals surface area contributed by atoms with E-state index < -0.39 is 16.7 Å². The minimum atomic E-state index is -0.633. The van der Waals surface area contributed by atoms with Gasteiger partial charge in [0.1, 0.15) is 6.42 Å². The average molecular weight is 237 g/mol. The van der Waals surface area contributed by atoms with Crippen LogP contribution in [0.15, 0.2) is 18.2 Å². The highest BCUT2D eigenvalue weighted by Gasteiger charge is 2.16. The van der Waals surface area contributed by atoms with Crippen LogP contribution >= 0.6 is 0 Å². The zero-order chi connectivity index (χ0) is 13.0. The SMILES string of the molecule is COC(=O)CC(=O)c1ccc([N+](=O)[O-])c(C)c1. The molecule has 0 atom stereocenters. The summed E-state index contributed by atoms with van der Waals surface area (Å²) >= 11 is 0. The number of benzene rings is 1. The molecule has 1 aromatic carbocycles. The highest BCUT2D eigenvalue weighted by atomic mass is 16.6. The molecular formula is C11H11NO5. The molecule has 0 saturated carbocycles. The van der Waals surface area contributed by atoms with Crippen LogP contribution in [0.2, 0.25) is 0 Å². The largest absolute Gasteiger partial charge is 0.469 e. The van der Waals surface area contributed by atoms with E-state index in [2.05, 4.69) is 4.74 Å². The number of hydrogen-bond donors (Lipinski definition) is 0. The molecule has 0 fully saturated rings. The van der Waals surface area contributed by atoms with Gasteiger partial charge in [-0.3, -0.25) is 19.7 Å². The van der Waals surface area contributed by atoms with Gasteiger partial charge in [-0.1, -0.05) is 0 Å². The van der Waals surface area contributed by atoms with Gasteiger partial charge >= 0.3 is 5.97 Å². The van der Waals surface area contributed by atoms with Crippen molar-refractivity contribution in [3.63, 3.8) is 0 Å². The first-order chi connectivity index (χ1) is 7.95. The number of nitro benzene ring substituents is 1. The Hall–Kier alpha value is -2.24. The van der Waals surface area contributed by atoms with Crippen molar-refractivity contribution in [2.45, 2.75) is 13.3 Å². The lowest BCUT2D eigenvalue weighted by Crippen LogP contribution is -2.09. The van der Waals surface area contributed by atoms with Crippen LogP contribution in [0.5, 0.6) is 0 Å². The Morgan fingerprint density at radius 3 is 2.53 bits per heavy atom. The van der Waals surface area contributed by atoms with Gasteiger partial charge in [-0.25, -0.2) is 0 Å². The van der Waals surface area contributed by atoms with Crippen LogP contribution in [0.3, 0.4) is 0 Å². The minimum Gasteiger partial charge on any atom is -0.469 e. The quantitative estimate of drug-likeness (QED) is 0.261. The van der Waals surface area contributed by atoms with E-state index in [1.807, 2.05) is 0 Å². The zero-order valence-electron chi connectivity index (χ0n) is 9.43. The molecule has 0 radical (unpaired) electrons. The summed E-state index contributed by atoms with van der Waals surface area (Å²) in [6, 6.07) is 3.97. The predicted octanol–water partition coefficient (Wildman–Crippen LogP) is 1.65. The first-order valence-corrected chi connectivity index (χ1v) is 4.80. The van der Waals surface area contributed by atoms with Crippen LogP contribution in [0, 0.1) is 17.0 Å². The number of esters is 1. The lowest BCUT2D eigenvalue weighted by atomic mass is 10.0. The predicted molar refractivity (Wildman–Crippen MR) is 58.8 cm³/mol. The molecule has 0 bridgehead atoms. The number of ether oxygens (including phenoxy) is 1. The maximum atomic E-state index is 11.6. The summed E-state index contributed by atoms with van der Waals surface area (Å²) in [5, 5.41) is 10.6. The Morgan fingerprint density at radius 2 is 2.06 bits per heavy atom. The van der Waals surface area contributed by atoms with Gasteiger partial charge in [0.15, 0.2) is 5.78 Å². The topological polar surface area (TPSA) is 86.5 Å². The lowest BCUT2D eigenvalue weighted by molar-refractivity contribution is -0.385. The van der Waals surface area contributed by atoms with Gasteiger partial charge in [0.25, 0.3) is 5.69 Å². The molecule has 90 valence electrons. The molecule has 0 unspecified atom stereocenters. The molecule has 0 heterocycles. The molecule has 0 amide bonds. The summed E-state index contributed by atoms with van der Waals surface area (Å²) < 4.78 is 4.37. The summed E-state index contributed by atoms with van der Waals surface area (Å²) in [4.78, 5) is 32.5. The highest BCUT2D eigenvalue weighted by molar-refractivity contribution is 6.06. The van der Waals surface area contributed by atoms with E-state index in [9.17, 15) is 19.7 Å². The molecule has 0 aliphatic carbocycles. The highest BCUT2D eigenvalue weighted by Crippen LogP contribution is 2.19. The Morgan fingerprint density at radius 1 is 1.41 bits per heavy atom. The maximum absolute atomic E-state index is 11.6. The number of carbonyl (C=O) groups excluding carboxylic acids is 2. The van der Waals surface area contributed by atoms with Crippen molar-refractivity contribution in [2.24, 2.45) is 0 Å². The molecule has 0 N–H and O–H groups in total. The van der Waals surface area contributed by atoms with Crippen molar-refractivity contribution in [3.8, 4) is 0 Å². The van der Waals surface area contributed by atoms with Crippen LogP contribution in [-0.2, 0) is 9.53 Å². The molecule has 1 aromatic rings. The molecule has 6 nitrogen and oxygen atoms in total. The number of hydrogen-bond acceptors (Lipinski definition) is 5. The number of carbonyl (C=O) groups is 2. The Balaban J connectivity index is 2.94. The van der Waals surface area contributed by atoms with Crippen LogP contribution < -0.4 is 0 Å². The number of Topliss-reactive ketones (excluding diaryl/α,β-unsaturated/α-hetero) is 1. The van der Waals surface area contributed by atoms with Crippen molar-refractivity contribution in [1.82, 2.24) is 0 Å². The summed E-state index contributed by atoms with van der Waals surface area (Å²) in [5.41, 5.74) is 0.587. The van der Waals surface area contributed by atoms with E-state index >= 15 is 0 Å². The summed E-state index contributed by atoms with van der Waals surface area (Å²) in [6.07, 6.45) is -0.367. The molecule has 17 heavy (non-hydrogen) atoms. The second kappa shape index (κ2) is 5.20. The smallest absolute Gasteiger partial charge is 0.313 e. The van der Waals surface area contributed by atoms with Crippen molar-refractivity contribution < 1.29 is 19.2 Å².